The number of nitriles is 1. The fourth-order valence-electron chi connectivity index (χ4n) is 7.81. The molecule has 0 radical (unpaired) electrons. The number of rotatable bonds is 42. The second kappa shape index (κ2) is 38.0. The van der Waals surface area contributed by atoms with E-state index in [1.54, 1.807) is 6.26 Å². The number of nitrogens with one attached hydrogen (secondary N) is 1. The van der Waals surface area contributed by atoms with Crippen molar-refractivity contribution in [1.29, 1.82) is 5.26 Å². The van der Waals surface area contributed by atoms with Crippen LogP contribution in [0.3, 0.4) is 0 Å². The molecule has 0 unspecified atom stereocenters. The van der Waals surface area contributed by atoms with E-state index in [2.05, 4.69) is 31.3 Å². The zero-order chi connectivity index (χ0) is 44.7. The van der Waals surface area contributed by atoms with Crippen LogP contribution in [-0.2, 0) is 33.9 Å². The molecular formula is C47H86N7O7+. The lowest BCUT2D eigenvalue weighted by Gasteiger charge is -2.29. The highest BCUT2D eigenvalue weighted by Crippen LogP contribution is 2.14. The maximum Gasteiger partial charge on any atom is 0.407 e. The molecule has 0 spiro atoms. The van der Waals surface area contributed by atoms with Gasteiger partial charge in [0.1, 0.15) is 6.61 Å². The molecule has 0 fully saturated rings. The molecule has 0 aliphatic heterocycles. The van der Waals surface area contributed by atoms with Crippen LogP contribution in [0.2, 0.25) is 0 Å². The number of aromatic nitrogens is 3. The molecule has 1 N–H and O–H groups in total. The normalized spacial score (nSPS) is 11.3. The van der Waals surface area contributed by atoms with Gasteiger partial charge in [0.2, 0.25) is 6.08 Å². The number of carbonyl (C=O) groups is 1. The maximum absolute atomic E-state index is 13.4. The quantitative estimate of drug-likeness (QED) is 0.0223. The van der Waals surface area contributed by atoms with E-state index in [0.29, 0.717) is 52.0 Å². The van der Waals surface area contributed by atoms with E-state index in [1.807, 2.05) is 0 Å². The Morgan fingerprint density at radius 1 is 0.574 bits per heavy atom. The molecule has 0 aromatic carbocycles. The highest BCUT2D eigenvalue weighted by atomic mass is 16.5. The third-order valence-corrected chi connectivity index (χ3v) is 11.6. The second-order valence-corrected chi connectivity index (χ2v) is 17.6. The van der Waals surface area contributed by atoms with Crippen LogP contribution in [0.1, 0.15) is 193 Å². The monoisotopic (exact) mass is 861 g/mol. The summed E-state index contributed by atoms with van der Waals surface area (Å²) < 4.78 is 14.6. The number of nitrogens with zero attached hydrogens (tertiary/aromatic N) is 6. The van der Waals surface area contributed by atoms with E-state index in [9.17, 15) is 24.0 Å². The summed E-state index contributed by atoms with van der Waals surface area (Å²) in [6, 6.07) is 0. The van der Waals surface area contributed by atoms with Crippen molar-refractivity contribution in [3.8, 4) is 6.26 Å². The zero-order valence-corrected chi connectivity index (χ0v) is 38.9. The molecule has 1 aromatic heterocycles. The summed E-state index contributed by atoms with van der Waals surface area (Å²) in [7, 11) is 4.52. The predicted molar refractivity (Wildman–Crippen MR) is 245 cm³/mol. The number of aliphatic imine (C=N–C) groups is 1. The Kier molecular flexibility index (Phi) is 34.5. The molecule has 0 aliphatic rings. The lowest BCUT2D eigenvalue weighted by molar-refractivity contribution is -0.890. The van der Waals surface area contributed by atoms with Gasteiger partial charge in [-0.1, -0.05) is 129 Å². The maximum atomic E-state index is 13.4. The van der Waals surface area contributed by atoms with Gasteiger partial charge in [-0.2, -0.15) is 5.26 Å². The van der Waals surface area contributed by atoms with Crippen molar-refractivity contribution in [1.82, 2.24) is 19.0 Å². The van der Waals surface area contributed by atoms with Crippen LogP contribution >= 0.6 is 0 Å². The van der Waals surface area contributed by atoms with Crippen molar-refractivity contribution < 1.29 is 23.5 Å². The number of amides is 1. The lowest BCUT2D eigenvalue weighted by atomic mass is 10.0. The van der Waals surface area contributed by atoms with Crippen molar-refractivity contribution in [2.45, 2.75) is 213 Å². The Hall–Kier alpha value is -3.69. The highest BCUT2D eigenvalue weighted by Gasteiger charge is 2.16. The van der Waals surface area contributed by atoms with Gasteiger partial charge in [0, 0.05) is 32.6 Å². The van der Waals surface area contributed by atoms with E-state index < -0.39 is 23.2 Å². The zero-order valence-electron chi connectivity index (χ0n) is 38.9. The summed E-state index contributed by atoms with van der Waals surface area (Å²) in [5.41, 5.74) is -1.76. The third-order valence-electron chi connectivity index (χ3n) is 11.6. The van der Waals surface area contributed by atoms with E-state index in [0.717, 1.165) is 75.4 Å². The molecule has 14 heteroatoms. The molecule has 1 heterocycles. The molecule has 0 saturated heterocycles. The molecule has 0 atom stereocenters. The largest absolute Gasteiger partial charge is 0.449 e. The summed E-state index contributed by atoms with van der Waals surface area (Å²) >= 11 is 0. The van der Waals surface area contributed by atoms with Gasteiger partial charge in [-0.05, 0) is 57.8 Å². The van der Waals surface area contributed by atoms with Gasteiger partial charge in [0.15, 0.2) is 0 Å². The van der Waals surface area contributed by atoms with Crippen LogP contribution in [0, 0.1) is 11.5 Å². The Labute approximate surface area is 368 Å². The first-order valence-corrected chi connectivity index (χ1v) is 24.4. The highest BCUT2D eigenvalue weighted by molar-refractivity contribution is 5.66. The Bertz CT molecular complexity index is 1520. The van der Waals surface area contributed by atoms with Crippen LogP contribution in [-0.4, -0.2) is 83.8 Å². The smallest absolute Gasteiger partial charge is 0.407 e. The van der Waals surface area contributed by atoms with Gasteiger partial charge < -0.3 is 19.3 Å². The number of carbonyl (C=O) groups excluding carboxylic acids is 2. The number of quaternary nitrogens is 1. The topological polar surface area (TPSA) is 167 Å². The molecule has 0 saturated carbocycles. The summed E-state index contributed by atoms with van der Waals surface area (Å²) in [6.45, 7) is 6.64. The van der Waals surface area contributed by atoms with Crippen molar-refractivity contribution in [2.24, 2.45) is 4.99 Å². The van der Waals surface area contributed by atoms with Crippen LogP contribution in [0.15, 0.2) is 19.4 Å². The van der Waals surface area contributed by atoms with Gasteiger partial charge in [0.25, 0.3) is 6.26 Å². The molecule has 61 heavy (non-hydrogen) atoms. The Balaban J connectivity index is 2.29. The van der Waals surface area contributed by atoms with Crippen molar-refractivity contribution in [3.05, 3.63) is 31.5 Å². The Morgan fingerprint density at radius 2 is 0.984 bits per heavy atom. The van der Waals surface area contributed by atoms with Crippen LogP contribution in [0.5, 0.6) is 0 Å². The molecular weight excluding hydrogens is 775 g/mol. The number of hydrogen-bond acceptors (Lipinski definition) is 9. The number of unbranched alkanes of at least 4 members (excludes halogenated alkanes) is 24. The molecule has 1 amide bonds. The number of ether oxygens (including phenoxy) is 2. The summed E-state index contributed by atoms with van der Waals surface area (Å²) in [5, 5.41) is 11.4. The third kappa shape index (κ3) is 29.3. The Morgan fingerprint density at radius 3 is 1.46 bits per heavy atom. The van der Waals surface area contributed by atoms with E-state index in [-0.39, 0.29) is 19.6 Å². The predicted octanol–water partition coefficient (Wildman–Crippen LogP) is 9.14. The fraction of sp³-hybridized carbons (Fsp3) is 0.872. The van der Waals surface area contributed by atoms with Crippen molar-refractivity contribution >= 4 is 12.2 Å². The molecule has 14 nitrogen and oxygen atoms in total. The standard InChI is InChI=1S/C47H85N7O7/c1-4-5-6-7-8-9-10-11-12-13-14-15-16-17-23-30-38-54(2,3)39-32-41-61-44(56)50-34-26-19-21-28-36-52-45(57)51(35-27-20-18-25-33-49-43-55)46(58)53(47(52)59)37-29-22-24-31-40-60-42-48/h4-41H2,1-3H3/p+1. The van der Waals surface area contributed by atoms with Gasteiger partial charge in [-0.25, -0.2) is 42.7 Å². The van der Waals surface area contributed by atoms with E-state index >= 15 is 0 Å². The first kappa shape index (κ1) is 55.3. The minimum atomic E-state index is -0.587. The van der Waals surface area contributed by atoms with Crippen LogP contribution in [0.4, 0.5) is 4.79 Å². The average molecular weight is 861 g/mol. The number of isocyanates is 1. The van der Waals surface area contributed by atoms with E-state index in [4.69, 9.17) is 14.7 Å². The first-order valence-electron chi connectivity index (χ1n) is 24.4. The molecule has 0 aliphatic carbocycles. The first-order chi connectivity index (χ1) is 29.7. The molecule has 350 valence electrons. The fourth-order valence-corrected chi connectivity index (χ4v) is 7.81. The summed E-state index contributed by atoms with van der Waals surface area (Å²) in [6.07, 6.45) is 34.2. The number of alkyl carbamates (subject to hydrolysis) is 1. The molecule has 1 rings (SSSR count). The van der Waals surface area contributed by atoms with Crippen LogP contribution in [0.25, 0.3) is 0 Å². The van der Waals surface area contributed by atoms with Gasteiger partial charge in [-0.15, -0.1) is 0 Å². The summed E-state index contributed by atoms with van der Waals surface area (Å²) in [4.78, 5) is 66.1. The summed E-state index contributed by atoms with van der Waals surface area (Å²) in [5.74, 6) is 0. The molecule has 1 aromatic rings. The molecule has 0 bridgehead atoms. The second-order valence-electron chi connectivity index (χ2n) is 17.6. The van der Waals surface area contributed by atoms with Crippen molar-refractivity contribution in [2.75, 3.05) is 53.5 Å². The van der Waals surface area contributed by atoms with Crippen LogP contribution < -0.4 is 22.4 Å². The minimum Gasteiger partial charge on any atom is -0.449 e. The van der Waals surface area contributed by atoms with E-state index in [1.165, 1.54) is 123 Å². The minimum absolute atomic E-state index is 0.205. The van der Waals surface area contributed by atoms with Crippen molar-refractivity contribution in [3.63, 3.8) is 0 Å². The SMILES string of the molecule is CCCCCCCCCCCCCCCCCC[N+](C)(C)CCCOC(=O)NCCCCCCn1c(=O)n(CCCCCCN=C=O)c(=O)n(CCCCCCOC#N)c1=O. The lowest BCUT2D eigenvalue weighted by Crippen LogP contribution is -2.54. The number of hydrogen-bond donors (Lipinski definition) is 1. The van der Waals surface area contributed by atoms with Gasteiger partial charge in [-0.3, -0.25) is 0 Å². The van der Waals surface area contributed by atoms with Gasteiger partial charge in [0.05, 0.1) is 40.3 Å². The average Bonchev–Trinajstić information content (AvgIpc) is 3.24. The van der Waals surface area contributed by atoms with Gasteiger partial charge >= 0.3 is 23.2 Å².